The molecule has 0 aliphatic heterocycles. The van der Waals surface area contributed by atoms with Gasteiger partial charge in [-0.1, -0.05) is 19.3 Å². The van der Waals surface area contributed by atoms with Gasteiger partial charge >= 0.3 is 5.97 Å². The SMILES string of the molecule is Cc1cc(C(=O)OC(C)C(=O)NCC2CCCCC2)c(C)n1C1CC1. The van der Waals surface area contributed by atoms with Crippen LogP contribution in [0.5, 0.6) is 0 Å². The number of rotatable bonds is 6. The zero-order valence-electron chi connectivity index (χ0n) is 15.6. The number of aromatic nitrogens is 1. The standard InChI is InChI=1S/C20H30N2O3/c1-13-11-18(14(2)22(13)17-9-10-17)20(24)25-15(3)19(23)21-12-16-7-5-4-6-8-16/h11,15-17H,4-10,12H2,1-3H3,(H,21,23). The van der Waals surface area contributed by atoms with Gasteiger partial charge in [-0.2, -0.15) is 0 Å². The molecule has 2 saturated carbocycles. The average molecular weight is 346 g/mol. The second-order valence-electron chi connectivity index (χ2n) is 7.68. The van der Waals surface area contributed by atoms with Crippen LogP contribution in [-0.4, -0.2) is 29.1 Å². The first-order chi connectivity index (χ1) is 12.0. The first-order valence-corrected chi connectivity index (χ1v) is 9.64. The number of carbonyl (C=O) groups is 2. The van der Waals surface area contributed by atoms with Crippen molar-refractivity contribution in [2.75, 3.05) is 6.54 Å². The highest BCUT2D eigenvalue weighted by atomic mass is 16.5. The Hall–Kier alpha value is -1.78. The predicted molar refractivity (Wildman–Crippen MR) is 96.6 cm³/mol. The van der Waals surface area contributed by atoms with E-state index in [-0.39, 0.29) is 5.91 Å². The van der Waals surface area contributed by atoms with E-state index in [1.54, 1.807) is 6.92 Å². The topological polar surface area (TPSA) is 60.3 Å². The monoisotopic (exact) mass is 346 g/mol. The number of hydrogen-bond acceptors (Lipinski definition) is 3. The van der Waals surface area contributed by atoms with Gasteiger partial charge in [-0.3, -0.25) is 4.79 Å². The van der Waals surface area contributed by atoms with Crippen LogP contribution < -0.4 is 5.32 Å². The molecule has 5 nitrogen and oxygen atoms in total. The molecule has 2 fully saturated rings. The molecule has 1 aromatic rings. The summed E-state index contributed by atoms with van der Waals surface area (Å²) in [7, 11) is 0. The highest BCUT2D eigenvalue weighted by Crippen LogP contribution is 2.38. The Morgan fingerprint density at radius 3 is 2.52 bits per heavy atom. The van der Waals surface area contributed by atoms with Gasteiger partial charge < -0.3 is 14.6 Å². The maximum atomic E-state index is 12.5. The molecule has 0 bridgehead atoms. The van der Waals surface area contributed by atoms with Crippen molar-refractivity contribution >= 4 is 11.9 Å². The lowest BCUT2D eigenvalue weighted by atomic mass is 9.89. The molecule has 1 aromatic heterocycles. The predicted octanol–water partition coefficient (Wildman–Crippen LogP) is 3.68. The third-order valence-corrected chi connectivity index (χ3v) is 5.56. The molecule has 3 rings (SSSR count). The molecule has 1 atom stereocenters. The van der Waals surface area contributed by atoms with E-state index in [9.17, 15) is 9.59 Å². The van der Waals surface area contributed by atoms with E-state index in [2.05, 4.69) is 9.88 Å². The van der Waals surface area contributed by atoms with Crippen LogP contribution in [0, 0.1) is 19.8 Å². The number of esters is 1. The molecule has 0 saturated heterocycles. The minimum atomic E-state index is -0.764. The molecule has 0 aromatic carbocycles. The summed E-state index contributed by atoms with van der Waals surface area (Å²) in [5.74, 6) is -0.0340. The molecule has 1 amide bonds. The summed E-state index contributed by atoms with van der Waals surface area (Å²) in [6.07, 6.45) is 7.75. The molecule has 2 aliphatic rings. The Labute approximate surface area is 150 Å². The normalized spacial score (nSPS) is 19.5. The highest BCUT2D eigenvalue weighted by Gasteiger charge is 2.29. The van der Waals surface area contributed by atoms with Crippen LogP contribution in [0.25, 0.3) is 0 Å². The Morgan fingerprint density at radius 2 is 1.88 bits per heavy atom. The lowest BCUT2D eigenvalue weighted by Crippen LogP contribution is -2.38. The van der Waals surface area contributed by atoms with Gasteiger partial charge in [0.15, 0.2) is 6.10 Å². The Bertz CT molecular complexity index is 640. The van der Waals surface area contributed by atoms with Crippen molar-refractivity contribution < 1.29 is 14.3 Å². The van der Waals surface area contributed by atoms with Crippen molar-refractivity contribution in [2.45, 2.75) is 77.9 Å². The van der Waals surface area contributed by atoms with Crippen LogP contribution in [-0.2, 0) is 9.53 Å². The van der Waals surface area contributed by atoms with Gasteiger partial charge in [0.1, 0.15) is 0 Å². The van der Waals surface area contributed by atoms with Gasteiger partial charge in [0.25, 0.3) is 5.91 Å². The van der Waals surface area contributed by atoms with Gasteiger partial charge in [0, 0.05) is 24.0 Å². The van der Waals surface area contributed by atoms with Gasteiger partial charge in [-0.15, -0.1) is 0 Å². The molecule has 5 heteroatoms. The average Bonchev–Trinajstić information content (AvgIpc) is 3.38. The number of ether oxygens (including phenoxy) is 1. The third kappa shape index (κ3) is 4.25. The van der Waals surface area contributed by atoms with E-state index in [1.807, 2.05) is 19.9 Å². The van der Waals surface area contributed by atoms with Crippen molar-refractivity contribution in [2.24, 2.45) is 5.92 Å². The molecule has 1 heterocycles. The minimum Gasteiger partial charge on any atom is -0.449 e. The van der Waals surface area contributed by atoms with E-state index in [1.165, 1.54) is 44.9 Å². The number of nitrogens with zero attached hydrogens (tertiary/aromatic N) is 1. The fourth-order valence-corrected chi connectivity index (χ4v) is 3.94. The van der Waals surface area contributed by atoms with Gasteiger partial charge in [-0.05, 0) is 58.4 Å². The number of aryl methyl sites for hydroxylation is 1. The molecule has 2 aliphatic carbocycles. The van der Waals surface area contributed by atoms with Crippen LogP contribution in [0.3, 0.4) is 0 Å². The van der Waals surface area contributed by atoms with Crippen LogP contribution in [0.1, 0.15) is 79.7 Å². The number of hydrogen-bond donors (Lipinski definition) is 1. The summed E-state index contributed by atoms with van der Waals surface area (Å²) in [5, 5.41) is 2.95. The summed E-state index contributed by atoms with van der Waals surface area (Å²) in [4.78, 5) is 24.7. The third-order valence-electron chi connectivity index (χ3n) is 5.56. The zero-order valence-corrected chi connectivity index (χ0v) is 15.6. The zero-order chi connectivity index (χ0) is 18.0. The molecule has 0 radical (unpaired) electrons. The Balaban J connectivity index is 1.53. The van der Waals surface area contributed by atoms with Crippen molar-refractivity contribution in [3.63, 3.8) is 0 Å². The van der Waals surface area contributed by atoms with Crippen LogP contribution in [0.15, 0.2) is 6.07 Å². The molecule has 1 unspecified atom stereocenters. The molecule has 1 N–H and O–H groups in total. The van der Waals surface area contributed by atoms with Crippen molar-refractivity contribution in [3.8, 4) is 0 Å². The summed E-state index contributed by atoms with van der Waals surface area (Å²) in [6.45, 7) is 6.31. The highest BCUT2D eigenvalue weighted by molar-refractivity contribution is 5.93. The number of carbonyl (C=O) groups excluding carboxylic acids is 2. The van der Waals surface area contributed by atoms with E-state index in [0.29, 0.717) is 24.1 Å². The molecular formula is C20H30N2O3. The van der Waals surface area contributed by atoms with Crippen molar-refractivity contribution in [1.29, 1.82) is 0 Å². The van der Waals surface area contributed by atoms with E-state index < -0.39 is 12.1 Å². The smallest absolute Gasteiger partial charge is 0.340 e. The lowest BCUT2D eigenvalue weighted by molar-refractivity contribution is -0.129. The van der Waals surface area contributed by atoms with E-state index in [4.69, 9.17) is 4.74 Å². The molecule has 25 heavy (non-hydrogen) atoms. The van der Waals surface area contributed by atoms with Crippen LogP contribution >= 0.6 is 0 Å². The molecular weight excluding hydrogens is 316 g/mol. The fourth-order valence-electron chi connectivity index (χ4n) is 3.94. The van der Waals surface area contributed by atoms with Crippen LogP contribution in [0.2, 0.25) is 0 Å². The Morgan fingerprint density at radius 1 is 1.20 bits per heavy atom. The first kappa shape index (κ1) is 18.0. The van der Waals surface area contributed by atoms with Gasteiger partial charge in [0.2, 0.25) is 0 Å². The first-order valence-electron chi connectivity index (χ1n) is 9.64. The Kier molecular flexibility index (Phi) is 5.50. The quantitative estimate of drug-likeness (QED) is 0.799. The number of amides is 1. The second kappa shape index (κ2) is 7.63. The van der Waals surface area contributed by atoms with Crippen LogP contribution in [0.4, 0.5) is 0 Å². The number of nitrogens with one attached hydrogen (secondary N) is 1. The maximum absolute atomic E-state index is 12.5. The van der Waals surface area contributed by atoms with Gasteiger partial charge in [-0.25, -0.2) is 4.79 Å². The summed E-state index contributed by atoms with van der Waals surface area (Å²) in [5.41, 5.74) is 2.61. The molecule has 138 valence electrons. The van der Waals surface area contributed by atoms with Crippen molar-refractivity contribution in [3.05, 3.63) is 23.0 Å². The summed E-state index contributed by atoms with van der Waals surface area (Å²) >= 11 is 0. The fraction of sp³-hybridized carbons (Fsp3) is 0.700. The minimum absolute atomic E-state index is 0.199. The summed E-state index contributed by atoms with van der Waals surface area (Å²) < 4.78 is 7.64. The van der Waals surface area contributed by atoms with E-state index >= 15 is 0 Å². The second-order valence-corrected chi connectivity index (χ2v) is 7.68. The van der Waals surface area contributed by atoms with Gasteiger partial charge in [0.05, 0.1) is 5.56 Å². The maximum Gasteiger partial charge on any atom is 0.340 e. The molecule has 0 spiro atoms. The lowest BCUT2D eigenvalue weighted by Gasteiger charge is -2.22. The van der Waals surface area contributed by atoms with E-state index in [0.717, 1.165) is 11.4 Å². The van der Waals surface area contributed by atoms with Crippen molar-refractivity contribution in [1.82, 2.24) is 9.88 Å². The largest absolute Gasteiger partial charge is 0.449 e. The summed E-state index contributed by atoms with van der Waals surface area (Å²) in [6, 6.07) is 2.40.